The molecular formula is C17H15NO3. The van der Waals surface area contributed by atoms with Crippen molar-refractivity contribution in [3.63, 3.8) is 0 Å². The van der Waals surface area contributed by atoms with Gasteiger partial charge in [0, 0.05) is 5.56 Å². The molecule has 0 N–H and O–H groups in total. The predicted molar refractivity (Wildman–Crippen MR) is 78.5 cm³/mol. The van der Waals surface area contributed by atoms with Crippen LogP contribution in [0.2, 0.25) is 0 Å². The molecule has 0 aliphatic carbocycles. The number of nitriles is 1. The van der Waals surface area contributed by atoms with Gasteiger partial charge < -0.3 is 9.47 Å². The summed E-state index contributed by atoms with van der Waals surface area (Å²) in [5.74, 6) is 0.929. The van der Waals surface area contributed by atoms with Gasteiger partial charge in [-0.1, -0.05) is 24.3 Å². The van der Waals surface area contributed by atoms with Crippen LogP contribution in [0, 0.1) is 11.3 Å². The number of hydrogen-bond acceptors (Lipinski definition) is 4. The Bertz CT molecular complexity index is 674. The Morgan fingerprint density at radius 3 is 2.67 bits per heavy atom. The summed E-state index contributed by atoms with van der Waals surface area (Å²) in [6, 6.07) is 14.5. The van der Waals surface area contributed by atoms with Gasteiger partial charge in [0.25, 0.3) is 0 Å². The Morgan fingerprint density at radius 2 is 1.95 bits per heavy atom. The lowest BCUT2D eigenvalue weighted by atomic mass is 10.1. The van der Waals surface area contributed by atoms with E-state index in [-0.39, 0.29) is 6.61 Å². The summed E-state index contributed by atoms with van der Waals surface area (Å²) in [7, 11) is 0. The monoisotopic (exact) mass is 281 g/mol. The molecule has 0 aromatic heterocycles. The molecule has 2 aromatic rings. The lowest BCUT2D eigenvalue weighted by molar-refractivity contribution is 0.111. The van der Waals surface area contributed by atoms with Crippen LogP contribution in [0.3, 0.4) is 0 Å². The van der Waals surface area contributed by atoms with Crippen LogP contribution in [-0.2, 0) is 6.61 Å². The normalized spacial score (nSPS) is 9.71. The minimum atomic E-state index is 0.203. The third kappa shape index (κ3) is 3.40. The van der Waals surface area contributed by atoms with Crippen molar-refractivity contribution in [2.24, 2.45) is 0 Å². The zero-order chi connectivity index (χ0) is 15.1. The Balaban J connectivity index is 2.27. The minimum Gasteiger partial charge on any atom is -0.490 e. The van der Waals surface area contributed by atoms with Crippen LogP contribution in [0.4, 0.5) is 0 Å². The van der Waals surface area contributed by atoms with Crippen molar-refractivity contribution >= 4 is 6.29 Å². The van der Waals surface area contributed by atoms with Crippen LogP contribution in [0.15, 0.2) is 42.5 Å². The molecule has 0 aliphatic rings. The molecule has 106 valence electrons. The number of ether oxygens (including phenoxy) is 2. The fourth-order valence-electron chi connectivity index (χ4n) is 1.95. The maximum atomic E-state index is 11.1. The van der Waals surface area contributed by atoms with E-state index >= 15 is 0 Å². The first-order valence-electron chi connectivity index (χ1n) is 6.62. The lowest BCUT2D eigenvalue weighted by Gasteiger charge is -2.14. The highest BCUT2D eigenvalue weighted by atomic mass is 16.5. The molecule has 4 nitrogen and oxygen atoms in total. The van der Waals surface area contributed by atoms with E-state index < -0.39 is 0 Å². The third-order valence-corrected chi connectivity index (χ3v) is 2.95. The average molecular weight is 281 g/mol. The quantitative estimate of drug-likeness (QED) is 0.762. The minimum absolute atomic E-state index is 0.203. The van der Waals surface area contributed by atoms with E-state index in [9.17, 15) is 4.79 Å². The lowest BCUT2D eigenvalue weighted by Crippen LogP contribution is -2.03. The topological polar surface area (TPSA) is 59.3 Å². The second-order valence-electron chi connectivity index (χ2n) is 4.28. The molecule has 0 fully saturated rings. The first-order chi connectivity index (χ1) is 10.3. The van der Waals surface area contributed by atoms with Gasteiger partial charge in [-0.2, -0.15) is 5.26 Å². The van der Waals surface area contributed by atoms with Crippen molar-refractivity contribution in [1.82, 2.24) is 0 Å². The molecule has 0 radical (unpaired) electrons. The molecule has 21 heavy (non-hydrogen) atoms. The molecular weight excluding hydrogens is 266 g/mol. The van der Waals surface area contributed by atoms with Crippen LogP contribution in [0.5, 0.6) is 11.5 Å². The van der Waals surface area contributed by atoms with Gasteiger partial charge in [0.1, 0.15) is 6.61 Å². The molecule has 0 unspecified atom stereocenters. The molecule has 4 heteroatoms. The number of carbonyl (C=O) groups excluding carboxylic acids is 1. The standard InChI is InChI=1S/C17H15NO3/c1-2-20-16-9-5-8-14(11-19)17(16)21-12-15-7-4-3-6-13(15)10-18/h3-9,11H,2,12H2,1H3. The van der Waals surface area contributed by atoms with Crippen molar-refractivity contribution in [1.29, 1.82) is 5.26 Å². The Labute approximate surface area is 123 Å². The number of para-hydroxylation sites is 1. The molecule has 0 aliphatic heterocycles. The van der Waals surface area contributed by atoms with Crippen LogP contribution < -0.4 is 9.47 Å². The van der Waals surface area contributed by atoms with Crippen molar-refractivity contribution < 1.29 is 14.3 Å². The second kappa shape index (κ2) is 7.11. The first-order valence-corrected chi connectivity index (χ1v) is 6.62. The number of hydrogen-bond donors (Lipinski definition) is 0. The van der Waals surface area contributed by atoms with Crippen molar-refractivity contribution in [2.45, 2.75) is 13.5 Å². The van der Waals surface area contributed by atoms with E-state index in [1.165, 1.54) is 0 Å². The van der Waals surface area contributed by atoms with Gasteiger partial charge in [-0.05, 0) is 25.1 Å². The van der Waals surface area contributed by atoms with Gasteiger partial charge >= 0.3 is 0 Å². The summed E-state index contributed by atoms with van der Waals surface area (Å²) < 4.78 is 11.2. The first kappa shape index (κ1) is 14.6. The average Bonchev–Trinajstić information content (AvgIpc) is 2.54. The van der Waals surface area contributed by atoms with Gasteiger partial charge in [-0.3, -0.25) is 4.79 Å². The maximum absolute atomic E-state index is 11.1. The van der Waals surface area contributed by atoms with Gasteiger partial charge in [0.15, 0.2) is 17.8 Å². The summed E-state index contributed by atoms with van der Waals surface area (Å²) in [5, 5.41) is 9.07. The Hall–Kier alpha value is -2.80. The molecule has 0 saturated carbocycles. The molecule has 2 aromatic carbocycles. The fraction of sp³-hybridized carbons (Fsp3) is 0.176. The molecule has 2 rings (SSSR count). The number of carbonyl (C=O) groups is 1. The van der Waals surface area contributed by atoms with E-state index in [0.29, 0.717) is 29.2 Å². The number of aldehydes is 1. The summed E-state index contributed by atoms with van der Waals surface area (Å²) in [4.78, 5) is 11.1. The van der Waals surface area contributed by atoms with Gasteiger partial charge in [-0.15, -0.1) is 0 Å². The number of benzene rings is 2. The molecule has 0 atom stereocenters. The van der Waals surface area contributed by atoms with E-state index in [4.69, 9.17) is 14.7 Å². The fourth-order valence-corrected chi connectivity index (χ4v) is 1.95. The van der Waals surface area contributed by atoms with Crippen LogP contribution in [-0.4, -0.2) is 12.9 Å². The van der Waals surface area contributed by atoms with Gasteiger partial charge in [-0.25, -0.2) is 0 Å². The van der Waals surface area contributed by atoms with E-state index in [2.05, 4.69) is 6.07 Å². The van der Waals surface area contributed by atoms with Crippen molar-refractivity contribution in [3.8, 4) is 17.6 Å². The SMILES string of the molecule is CCOc1cccc(C=O)c1OCc1ccccc1C#N. The van der Waals surface area contributed by atoms with Gasteiger partial charge in [0.2, 0.25) is 0 Å². The van der Waals surface area contributed by atoms with Gasteiger partial charge in [0.05, 0.1) is 23.8 Å². The van der Waals surface area contributed by atoms with Crippen LogP contribution in [0.25, 0.3) is 0 Å². The van der Waals surface area contributed by atoms with E-state index in [0.717, 1.165) is 11.8 Å². The highest BCUT2D eigenvalue weighted by Gasteiger charge is 2.11. The molecule has 0 spiro atoms. The van der Waals surface area contributed by atoms with Crippen molar-refractivity contribution in [2.75, 3.05) is 6.61 Å². The summed E-state index contributed by atoms with van der Waals surface area (Å²) >= 11 is 0. The highest BCUT2D eigenvalue weighted by molar-refractivity contribution is 5.81. The summed E-state index contributed by atoms with van der Waals surface area (Å²) in [5.41, 5.74) is 1.75. The summed E-state index contributed by atoms with van der Waals surface area (Å²) in [6.07, 6.45) is 0.730. The third-order valence-electron chi connectivity index (χ3n) is 2.95. The summed E-state index contributed by atoms with van der Waals surface area (Å²) in [6.45, 7) is 2.55. The maximum Gasteiger partial charge on any atom is 0.172 e. The smallest absolute Gasteiger partial charge is 0.172 e. The Morgan fingerprint density at radius 1 is 1.14 bits per heavy atom. The zero-order valence-electron chi connectivity index (χ0n) is 11.7. The van der Waals surface area contributed by atoms with Crippen molar-refractivity contribution in [3.05, 3.63) is 59.2 Å². The zero-order valence-corrected chi connectivity index (χ0v) is 11.7. The Kier molecular flexibility index (Phi) is 4.94. The largest absolute Gasteiger partial charge is 0.490 e. The molecule has 0 amide bonds. The van der Waals surface area contributed by atoms with Crippen LogP contribution in [0.1, 0.15) is 28.4 Å². The molecule has 0 heterocycles. The predicted octanol–water partition coefficient (Wildman–Crippen LogP) is 3.35. The second-order valence-corrected chi connectivity index (χ2v) is 4.28. The van der Waals surface area contributed by atoms with E-state index in [1.54, 1.807) is 30.3 Å². The van der Waals surface area contributed by atoms with E-state index in [1.807, 2.05) is 19.1 Å². The number of nitrogens with zero attached hydrogens (tertiary/aromatic N) is 1. The van der Waals surface area contributed by atoms with Crippen LogP contribution >= 0.6 is 0 Å². The molecule has 0 bridgehead atoms. The molecule has 0 saturated heterocycles. The highest BCUT2D eigenvalue weighted by Crippen LogP contribution is 2.31. The number of rotatable bonds is 6.